The summed E-state index contributed by atoms with van der Waals surface area (Å²) in [5, 5.41) is 14.1. The maximum Gasteiger partial charge on any atom is 0.246 e. The van der Waals surface area contributed by atoms with Gasteiger partial charge < -0.3 is 19.5 Å². The van der Waals surface area contributed by atoms with Crippen LogP contribution in [0.15, 0.2) is 67.1 Å². The molecule has 168 valence electrons. The zero-order valence-corrected chi connectivity index (χ0v) is 18.5. The van der Waals surface area contributed by atoms with Gasteiger partial charge in [-0.1, -0.05) is 24.3 Å². The SMILES string of the molecule is CN1C(=O)CNC(=O)Cc2cncn2Cc2ccc(C#N)c(c2)Oc2ccc3cccc1c3c2. The Morgan fingerprint density at radius 3 is 2.85 bits per heavy atom. The Morgan fingerprint density at radius 2 is 2.00 bits per heavy atom. The average molecular weight is 451 g/mol. The van der Waals surface area contributed by atoms with Crippen LogP contribution in [-0.2, 0) is 22.6 Å². The number of imidazole rings is 1. The van der Waals surface area contributed by atoms with Crippen LogP contribution in [0, 0.1) is 11.3 Å². The van der Waals surface area contributed by atoms with Crippen molar-refractivity contribution in [2.75, 3.05) is 18.5 Å². The van der Waals surface area contributed by atoms with Gasteiger partial charge in [-0.15, -0.1) is 0 Å². The number of benzene rings is 3. The zero-order valence-electron chi connectivity index (χ0n) is 18.5. The molecule has 0 saturated heterocycles. The highest BCUT2D eigenvalue weighted by atomic mass is 16.5. The summed E-state index contributed by atoms with van der Waals surface area (Å²) >= 11 is 0. The van der Waals surface area contributed by atoms with Gasteiger partial charge in [0.1, 0.15) is 17.6 Å². The maximum absolute atomic E-state index is 12.9. The molecule has 1 aromatic heterocycles. The van der Waals surface area contributed by atoms with Crippen LogP contribution in [0.3, 0.4) is 0 Å². The molecular weight excluding hydrogens is 430 g/mol. The predicted octanol–water partition coefficient (Wildman–Crippen LogP) is 3.38. The Balaban J connectivity index is 1.63. The number of hydrogen-bond donors (Lipinski definition) is 1. The summed E-state index contributed by atoms with van der Waals surface area (Å²) in [6, 6.07) is 18.9. The number of carbonyl (C=O) groups excluding carboxylic acids is 2. The van der Waals surface area contributed by atoms with E-state index in [2.05, 4.69) is 16.4 Å². The van der Waals surface area contributed by atoms with Crippen LogP contribution in [0.25, 0.3) is 10.8 Å². The van der Waals surface area contributed by atoms with Gasteiger partial charge in [-0.05, 0) is 41.3 Å². The van der Waals surface area contributed by atoms with E-state index >= 15 is 0 Å². The highest BCUT2D eigenvalue weighted by Crippen LogP contribution is 2.33. The van der Waals surface area contributed by atoms with Crippen LogP contribution in [0.2, 0.25) is 0 Å². The van der Waals surface area contributed by atoms with E-state index in [1.165, 1.54) is 4.90 Å². The number of nitriles is 1. The van der Waals surface area contributed by atoms with E-state index in [4.69, 9.17) is 4.74 Å². The molecule has 2 heterocycles. The lowest BCUT2D eigenvalue weighted by atomic mass is 10.1. The number of rotatable bonds is 0. The number of nitrogens with one attached hydrogen (secondary N) is 1. The number of carbonyl (C=O) groups is 2. The Bertz CT molecular complexity index is 1470. The first-order valence-electron chi connectivity index (χ1n) is 10.8. The largest absolute Gasteiger partial charge is 0.456 e. The molecular formula is C26H21N5O3. The molecule has 0 unspecified atom stereocenters. The summed E-state index contributed by atoms with van der Waals surface area (Å²) < 4.78 is 8.02. The molecule has 5 rings (SSSR count). The molecule has 0 aliphatic carbocycles. The number of likely N-dealkylation sites (N-methyl/N-ethyl adjacent to an activating group) is 1. The molecule has 1 aliphatic rings. The molecule has 1 aliphatic heterocycles. The van der Waals surface area contributed by atoms with Crippen molar-refractivity contribution < 1.29 is 14.3 Å². The third-order valence-corrected chi connectivity index (χ3v) is 5.89. The molecule has 3 aromatic carbocycles. The predicted molar refractivity (Wildman–Crippen MR) is 127 cm³/mol. The van der Waals surface area contributed by atoms with Crippen molar-refractivity contribution in [2.24, 2.45) is 0 Å². The topological polar surface area (TPSA) is 100 Å². The number of aromatic nitrogens is 2. The van der Waals surface area contributed by atoms with Gasteiger partial charge in [-0.2, -0.15) is 5.26 Å². The summed E-state index contributed by atoms with van der Waals surface area (Å²) in [7, 11) is 1.68. The van der Waals surface area contributed by atoms with E-state index in [0.29, 0.717) is 35.0 Å². The number of amides is 2. The first-order valence-corrected chi connectivity index (χ1v) is 10.8. The Hall–Kier alpha value is -4.64. The Morgan fingerprint density at radius 1 is 1.12 bits per heavy atom. The second-order valence-electron chi connectivity index (χ2n) is 8.12. The minimum Gasteiger partial charge on any atom is -0.456 e. The minimum absolute atomic E-state index is 0.0903. The third kappa shape index (κ3) is 4.07. The molecule has 8 nitrogen and oxygen atoms in total. The highest BCUT2D eigenvalue weighted by Gasteiger charge is 2.17. The second-order valence-corrected chi connectivity index (χ2v) is 8.12. The standard InChI is InChI=1S/C26H21N5O3/c1-30-23-4-2-3-18-7-8-21(11-22(18)23)34-24-9-17(5-6-19(24)12-27)15-31-16-28-13-20(31)10-25(32)29-14-26(30)33/h2-9,11,13,16H,10,14-15H2,1H3,(H,29,32). The number of anilines is 1. The molecule has 0 spiro atoms. The van der Waals surface area contributed by atoms with E-state index in [-0.39, 0.29) is 24.8 Å². The van der Waals surface area contributed by atoms with E-state index in [0.717, 1.165) is 16.3 Å². The molecule has 0 atom stereocenters. The minimum atomic E-state index is -0.267. The lowest BCUT2D eigenvalue weighted by molar-refractivity contribution is -0.124. The molecule has 1 N–H and O–H groups in total. The fraction of sp³-hybridized carbons (Fsp3) is 0.154. The molecule has 8 heteroatoms. The summed E-state index contributed by atoms with van der Waals surface area (Å²) in [6.45, 7) is 0.330. The molecule has 4 bridgehead atoms. The van der Waals surface area contributed by atoms with Gasteiger partial charge >= 0.3 is 0 Å². The number of hydrogen-bond acceptors (Lipinski definition) is 5. The quantitative estimate of drug-likeness (QED) is 0.442. The van der Waals surface area contributed by atoms with Gasteiger partial charge in [0.05, 0.1) is 30.5 Å². The van der Waals surface area contributed by atoms with Crippen LogP contribution < -0.4 is 15.0 Å². The van der Waals surface area contributed by atoms with Crippen LogP contribution in [0.5, 0.6) is 11.5 Å². The molecule has 0 radical (unpaired) electrons. The van der Waals surface area contributed by atoms with Gasteiger partial charge in [0.15, 0.2) is 0 Å². The maximum atomic E-state index is 12.9. The third-order valence-electron chi connectivity index (χ3n) is 5.89. The number of fused-ring (bicyclic) bond motifs is 4. The molecule has 0 fully saturated rings. The van der Waals surface area contributed by atoms with Gasteiger partial charge in [-0.3, -0.25) is 9.59 Å². The summed E-state index contributed by atoms with van der Waals surface area (Å²) in [6.07, 6.45) is 3.38. The van der Waals surface area contributed by atoms with Crippen molar-refractivity contribution in [1.82, 2.24) is 14.9 Å². The lowest BCUT2D eigenvalue weighted by Gasteiger charge is -2.20. The van der Waals surface area contributed by atoms with E-state index < -0.39 is 0 Å². The number of ether oxygens (including phenoxy) is 1. The Labute approximate surface area is 196 Å². The first-order chi connectivity index (χ1) is 16.5. The van der Waals surface area contributed by atoms with E-state index in [1.54, 1.807) is 25.6 Å². The van der Waals surface area contributed by atoms with Crippen LogP contribution in [0.1, 0.15) is 16.8 Å². The van der Waals surface area contributed by atoms with Crippen LogP contribution in [-0.4, -0.2) is 35.0 Å². The molecule has 0 saturated carbocycles. The van der Waals surface area contributed by atoms with Crippen molar-refractivity contribution in [3.8, 4) is 17.6 Å². The lowest BCUT2D eigenvalue weighted by Crippen LogP contribution is -2.39. The summed E-state index contributed by atoms with van der Waals surface area (Å²) in [4.78, 5) is 31.1. The normalized spacial score (nSPS) is 14.2. The highest BCUT2D eigenvalue weighted by molar-refractivity contribution is 6.05. The van der Waals surface area contributed by atoms with Crippen molar-refractivity contribution in [3.63, 3.8) is 0 Å². The second kappa shape index (κ2) is 8.71. The van der Waals surface area contributed by atoms with Crippen LogP contribution >= 0.6 is 0 Å². The fourth-order valence-electron chi connectivity index (χ4n) is 4.05. The molecule has 34 heavy (non-hydrogen) atoms. The molecule has 4 aromatic rings. The van der Waals surface area contributed by atoms with Crippen LogP contribution in [0.4, 0.5) is 5.69 Å². The van der Waals surface area contributed by atoms with Crippen molar-refractivity contribution in [3.05, 3.63) is 83.9 Å². The van der Waals surface area contributed by atoms with Gasteiger partial charge in [0.25, 0.3) is 0 Å². The van der Waals surface area contributed by atoms with E-state index in [9.17, 15) is 14.9 Å². The molecule has 2 amide bonds. The number of nitrogens with zero attached hydrogens (tertiary/aromatic N) is 4. The van der Waals surface area contributed by atoms with E-state index in [1.807, 2.05) is 53.1 Å². The summed E-state index contributed by atoms with van der Waals surface area (Å²) in [5.41, 5.74) is 2.71. The van der Waals surface area contributed by atoms with Crippen molar-refractivity contribution in [2.45, 2.75) is 13.0 Å². The van der Waals surface area contributed by atoms with Crippen molar-refractivity contribution >= 4 is 28.3 Å². The van der Waals surface area contributed by atoms with Crippen molar-refractivity contribution in [1.29, 1.82) is 5.26 Å². The zero-order chi connectivity index (χ0) is 23.7. The fourth-order valence-corrected chi connectivity index (χ4v) is 4.05. The van der Waals surface area contributed by atoms with Gasteiger partial charge in [0, 0.05) is 30.9 Å². The average Bonchev–Trinajstić information content (AvgIpc) is 3.27. The monoisotopic (exact) mass is 451 g/mol. The first kappa shape index (κ1) is 21.2. The van der Waals surface area contributed by atoms with Gasteiger partial charge in [0.2, 0.25) is 11.8 Å². The Kier molecular flexibility index (Phi) is 5.44. The van der Waals surface area contributed by atoms with Gasteiger partial charge in [-0.25, -0.2) is 4.98 Å². The summed E-state index contributed by atoms with van der Waals surface area (Å²) in [5.74, 6) is 0.473. The smallest absolute Gasteiger partial charge is 0.246 e.